The maximum atomic E-state index is 12.7. The SMILES string of the molecule is CCNC(=NCC(C)(O)c1ccsc1)NCC#Cc1cccc(C(F)(F)F)c1.I. The number of aliphatic hydroxyl groups is 1. The second kappa shape index (κ2) is 11.4. The molecule has 1 heterocycles. The number of nitrogens with zero attached hydrogens (tertiary/aromatic N) is 1. The summed E-state index contributed by atoms with van der Waals surface area (Å²) >= 11 is 1.50. The predicted molar refractivity (Wildman–Crippen MR) is 122 cm³/mol. The number of hydrogen-bond donors (Lipinski definition) is 3. The van der Waals surface area contributed by atoms with Gasteiger partial charge in [0.25, 0.3) is 0 Å². The molecule has 1 aromatic carbocycles. The van der Waals surface area contributed by atoms with E-state index in [-0.39, 0.29) is 37.1 Å². The average Bonchev–Trinajstić information content (AvgIpc) is 3.18. The number of nitrogens with one attached hydrogen (secondary N) is 2. The normalized spacial score (nSPS) is 13.5. The van der Waals surface area contributed by atoms with E-state index in [0.717, 1.165) is 17.7 Å². The van der Waals surface area contributed by atoms with Gasteiger partial charge in [0.2, 0.25) is 0 Å². The first-order valence-corrected chi connectivity index (χ1v) is 9.60. The van der Waals surface area contributed by atoms with Crippen molar-refractivity contribution in [2.24, 2.45) is 4.99 Å². The van der Waals surface area contributed by atoms with E-state index in [9.17, 15) is 18.3 Å². The van der Waals surface area contributed by atoms with Gasteiger partial charge in [-0.25, -0.2) is 4.99 Å². The zero-order valence-electron chi connectivity index (χ0n) is 16.0. The highest BCUT2D eigenvalue weighted by Crippen LogP contribution is 2.29. The molecule has 3 N–H and O–H groups in total. The van der Waals surface area contributed by atoms with E-state index < -0.39 is 17.3 Å². The molecule has 2 aromatic rings. The molecule has 1 aromatic heterocycles. The Balaban J connectivity index is 0.00000420. The summed E-state index contributed by atoms with van der Waals surface area (Å²) in [5, 5.41) is 20.3. The number of guanidine groups is 1. The van der Waals surface area contributed by atoms with Crippen LogP contribution in [0.1, 0.15) is 30.5 Å². The van der Waals surface area contributed by atoms with Gasteiger partial charge in [-0.15, -0.1) is 24.0 Å². The lowest BCUT2D eigenvalue weighted by molar-refractivity contribution is -0.137. The highest BCUT2D eigenvalue weighted by Gasteiger charge is 2.30. The molecule has 0 aliphatic carbocycles. The molecule has 1 unspecified atom stereocenters. The van der Waals surface area contributed by atoms with E-state index >= 15 is 0 Å². The topological polar surface area (TPSA) is 56.7 Å². The van der Waals surface area contributed by atoms with Crippen molar-refractivity contribution in [3.8, 4) is 11.8 Å². The molecular formula is C20H23F3IN3OS. The van der Waals surface area contributed by atoms with Gasteiger partial charge >= 0.3 is 6.18 Å². The maximum Gasteiger partial charge on any atom is 0.416 e. The van der Waals surface area contributed by atoms with Gasteiger partial charge in [0.15, 0.2) is 5.96 Å². The maximum absolute atomic E-state index is 12.7. The van der Waals surface area contributed by atoms with Gasteiger partial charge < -0.3 is 15.7 Å². The van der Waals surface area contributed by atoms with Crippen molar-refractivity contribution in [1.29, 1.82) is 0 Å². The van der Waals surface area contributed by atoms with Gasteiger partial charge in [-0.05, 0) is 54.4 Å². The van der Waals surface area contributed by atoms with E-state index in [1.807, 2.05) is 23.8 Å². The second-order valence-electron chi connectivity index (χ2n) is 6.21. The molecule has 4 nitrogen and oxygen atoms in total. The number of hydrogen-bond acceptors (Lipinski definition) is 3. The zero-order chi connectivity index (χ0) is 20.6. The molecule has 2 rings (SSSR count). The van der Waals surface area contributed by atoms with Gasteiger partial charge in [-0.1, -0.05) is 17.9 Å². The van der Waals surface area contributed by atoms with Crippen molar-refractivity contribution in [3.63, 3.8) is 0 Å². The molecule has 0 radical (unpaired) electrons. The molecule has 0 bridgehead atoms. The second-order valence-corrected chi connectivity index (χ2v) is 6.99. The summed E-state index contributed by atoms with van der Waals surface area (Å²) in [6, 6.07) is 6.74. The van der Waals surface area contributed by atoms with Crippen LogP contribution < -0.4 is 10.6 Å². The minimum atomic E-state index is -4.39. The van der Waals surface area contributed by atoms with Crippen molar-refractivity contribution >= 4 is 41.3 Å². The molecule has 0 aliphatic heterocycles. The first kappa shape index (κ1) is 25.3. The highest BCUT2D eigenvalue weighted by molar-refractivity contribution is 14.0. The number of halogens is 4. The summed E-state index contributed by atoms with van der Waals surface area (Å²) < 4.78 is 38.2. The van der Waals surface area contributed by atoms with Crippen LogP contribution in [0, 0.1) is 11.8 Å². The Bertz CT molecular complexity index is 856. The first-order valence-electron chi connectivity index (χ1n) is 8.66. The quantitative estimate of drug-likeness (QED) is 0.232. The van der Waals surface area contributed by atoms with Crippen LogP contribution in [0.2, 0.25) is 0 Å². The molecule has 29 heavy (non-hydrogen) atoms. The smallest absolute Gasteiger partial charge is 0.383 e. The monoisotopic (exact) mass is 537 g/mol. The third-order valence-electron chi connectivity index (χ3n) is 3.80. The van der Waals surface area contributed by atoms with Crippen LogP contribution in [0.4, 0.5) is 13.2 Å². The molecule has 0 amide bonds. The van der Waals surface area contributed by atoms with Crippen molar-refractivity contribution in [2.45, 2.75) is 25.6 Å². The average molecular weight is 537 g/mol. The van der Waals surface area contributed by atoms with E-state index in [2.05, 4.69) is 27.5 Å². The molecular weight excluding hydrogens is 514 g/mol. The van der Waals surface area contributed by atoms with E-state index in [4.69, 9.17) is 0 Å². The Kier molecular flexibility index (Phi) is 9.95. The molecule has 0 fully saturated rings. The summed E-state index contributed by atoms with van der Waals surface area (Å²) in [6.45, 7) is 4.56. The minimum Gasteiger partial charge on any atom is -0.383 e. The van der Waals surface area contributed by atoms with Gasteiger partial charge in [0.05, 0.1) is 18.7 Å². The Labute approximate surface area is 189 Å². The van der Waals surface area contributed by atoms with Gasteiger partial charge in [-0.3, -0.25) is 0 Å². The summed E-state index contributed by atoms with van der Waals surface area (Å²) in [5.41, 5.74) is -0.732. The Morgan fingerprint density at radius 3 is 2.59 bits per heavy atom. The highest BCUT2D eigenvalue weighted by atomic mass is 127. The van der Waals surface area contributed by atoms with Gasteiger partial charge in [0.1, 0.15) is 5.60 Å². The first-order chi connectivity index (χ1) is 13.2. The van der Waals surface area contributed by atoms with Crippen LogP contribution in [0.15, 0.2) is 46.1 Å². The predicted octanol–water partition coefficient (Wildman–Crippen LogP) is 4.20. The fourth-order valence-corrected chi connectivity index (χ4v) is 3.07. The largest absolute Gasteiger partial charge is 0.416 e. The lowest BCUT2D eigenvalue weighted by Crippen LogP contribution is -2.39. The fraction of sp³-hybridized carbons (Fsp3) is 0.350. The Morgan fingerprint density at radius 1 is 1.21 bits per heavy atom. The Hall–Kier alpha value is -1.77. The van der Waals surface area contributed by atoms with Crippen molar-refractivity contribution in [2.75, 3.05) is 19.6 Å². The van der Waals surface area contributed by atoms with E-state index in [1.165, 1.54) is 23.5 Å². The molecule has 0 saturated heterocycles. The number of thiophene rings is 1. The zero-order valence-corrected chi connectivity index (χ0v) is 19.2. The van der Waals surface area contributed by atoms with Crippen molar-refractivity contribution < 1.29 is 18.3 Å². The van der Waals surface area contributed by atoms with E-state index in [1.54, 1.807) is 6.92 Å². The Morgan fingerprint density at radius 2 is 1.97 bits per heavy atom. The molecule has 158 valence electrons. The third-order valence-corrected chi connectivity index (χ3v) is 4.48. The van der Waals surface area contributed by atoms with Crippen molar-refractivity contribution in [1.82, 2.24) is 10.6 Å². The number of alkyl halides is 3. The van der Waals surface area contributed by atoms with Crippen LogP contribution in [-0.2, 0) is 11.8 Å². The van der Waals surface area contributed by atoms with Crippen LogP contribution in [0.25, 0.3) is 0 Å². The van der Waals surface area contributed by atoms with Crippen LogP contribution in [0.3, 0.4) is 0 Å². The molecule has 9 heteroatoms. The van der Waals surface area contributed by atoms with Crippen LogP contribution >= 0.6 is 35.3 Å². The third kappa shape index (κ3) is 8.24. The fourth-order valence-electron chi connectivity index (χ4n) is 2.28. The lowest BCUT2D eigenvalue weighted by Gasteiger charge is -2.20. The standard InChI is InChI=1S/C20H22F3N3OS.HI/c1-3-24-18(26-14-19(2,27)17-9-11-28-13-17)25-10-5-7-15-6-4-8-16(12-15)20(21,22)23;/h4,6,8-9,11-13,27H,3,10,14H2,1-2H3,(H2,24,25,26);1H. The minimum absolute atomic E-state index is 0. The van der Waals surface area contributed by atoms with Gasteiger partial charge in [0, 0.05) is 12.1 Å². The number of aliphatic imine (C=N–C) groups is 1. The van der Waals surface area contributed by atoms with Gasteiger partial charge in [-0.2, -0.15) is 24.5 Å². The molecule has 1 atom stereocenters. The van der Waals surface area contributed by atoms with Crippen LogP contribution in [0.5, 0.6) is 0 Å². The molecule has 0 spiro atoms. The summed E-state index contributed by atoms with van der Waals surface area (Å²) in [4.78, 5) is 4.36. The molecule has 0 saturated carbocycles. The van der Waals surface area contributed by atoms with Crippen LogP contribution in [-0.4, -0.2) is 30.7 Å². The lowest BCUT2D eigenvalue weighted by atomic mass is 10.00. The number of rotatable bonds is 5. The summed E-state index contributed by atoms with van der Waals surface area (Å²) in [6.07, 6.45) is -4.39. The van der Waals surface area contributed by atoms with E-state index in [0.29, 0.717) is 18.1 Å². The summed E-state index contributed by atoms with van der Waals surface area (Å²) in [5.74, 6) is 5.96. The summed E-state index contributed by atoms with van der Waals surface area (Å²) in [7, 11) is 0. The number of benzene rings is 1. The van der Waals surface area contributed by atoms with Crippen molar-refractivity contribution in [3.05, 3.63) is 57.8 Å². The molecule has 0 aliphatic rings.